The van der Waals surface area contributed by atoms with Gasteiger partial charge in [-0.2, -0.15) is 0 Å². The molecule has 1 aromatic carbocycles. The van der Waals surface area contributed by atoms with Crippen molar-refractivity contribution in [3.05, 3.63) is 28.8 Å². The molecule has 2 N–H and O–H groups in total. The maximum absolute atomic E-state index is 11.6. The fourth-order valence-corrected chi connectivity index (χ4v) is 1.48. The minimum absolute atomic E-state index is 0.0543. The number of benzene rings is 1. The van der Waals surface area contributed by atoms with E-state index >= 15 is 0 Å². The molecule has 1 rings (SSSR count). The van der Waals surface area contributed by atoms with Crippen LogP contribution in [0.3, 0.4) is 0 Å². The topological polar surface area (TPSA) is 66.4 Å². The number of carboxylic acid groups (broad SMARTS) is 1. The number of hydrogen-bond acceptors (Lipinski definition) is 2. The van der Waals surface area contributed by atoms with Crippen LogP contribution in [-0.2, 0) is 9.59 Å². The maximum Gasteiger partial charge on any atom is 0.306 e. The monoisotopic (exact) mass is 255 g/mol. The second kappa shape index (κ2) is 5.68. The Morgan fingerprint density at radius 3 is 2.71 bits per heavy atom. The second-order valence-electron chi connectivity index (χ2n) is 3.90. The highest BCUT2D eigenvalue weighted by atomic mass is 35.5. The highest BCUT2D eigenvalue weighted by Gasteiger charge is 2.16. The molecule has 0 heterocycles. The first-order chi connectivity index (χ1) is 7.91. The molecule has 0 fully saturated rings. The minimum atomic E-state index is -0.983. The summed E-state index contributed by atoms with van der Waals surface area (Å²) in [4.78, 5) is 22.2. The van der Waals surface area contributed by atoms with Gasteiger partial charge < -0.3 is 10.4 Å². The Balaban J connectivity index is 2.69. The van der Waals surface area contributed by atoms with Gasteiger partial charge in [-0.25, -0.2) is 0 Å². The summed E-state index contributed by atoms with van der Waals surface area (Å²) in [5.41, 5.74) is 1.38. The number of anilines is 1. The molecule has 0 saturated heterocycles. The SMILES string of the molecule is Cc1c(Cl)cccc1NC(=O)CC(C)C(=O)O. The number of hydrogen-bond donors (Lipinski definition) is 2. The van der Waals surface area contributed by atoms with Crippen LogP contribution >= 0.6 is 11.6 Å². The number of amides is 1. The molecule has 1 amide bonds. The number of carbonyl (C=O) groups is 2. The third-order valence-corrected chi connectivity index (χ3v) is 2.86. The van der Waals surface area contributed by atoms with Crippen LogP contribution in [0.2, 0.25) is 5.02 Å². The van der Waals surface area contributed by atoms with Gasteiger partial charge in [0.05, 0.1) is 5.92 Å². The van der Waals surface area contributed by atoms with E-state index in [4.69, 9.17) is 16.7 Å². The van der Waals surface area contributed by atoms with Crippen LogP contribution in [0.4, 0.5) is 5.69 Å². The van der Waals surface area contributed by atoms with Crippen LogP contribution < -0.4 is 5.32 Å². The Bertz CT molecular complexity index is 445. The van der Waals surface area contributed by atoms with E-state index in [9.17, 15) is 9.59 Å². The van der Waals surface area contributed by atoms with Gasteiger partial charge in [-0.3, -0.25) is 9.59 Å². The number of aliphatic carboxylic acids is 1. The average molecular weight is 256 g/mol. The van der Waals surface area contributed by atoms with Gasteiger partial charge >= 0.3 is 5.97 Å². The zero-order valence-electron chi connectivity index (χ0n) is 9.66. The van der Waals surface area contributed by atoms with Crippen molar-refractivity contribution in [1.29, 1.82) is 0 Å². The van der Waals surface area contributed by atoms with Crippen molar-refractivity contribution in [3.8, 4) is 0 Å². The van der Waals surface area contributed by atoms with Crippen molar-refractivity contribution in [1.82, 2.24) is 0 Å². The molecule has 17 heavy (non-hydrogen) atoms. The van der Waals surface area contributed by atoms with E-state index in [0.717, 1.165) is 5.56 Å². The van der Waals surface area contributed by atoms with Crippen molar-refractivity contribution in [3.63, 3.8) is 0 Å². The first-order valence-corrected chi connectivity index (χ1v) is 5.57. The van der Waals surface area contributed by atoms with Gasteiger partial charge in [0.2, 0.25) is 5.91 Å². The summed E-state index contributed by atoms with van der Waals surface area (Å²) in [6, 6.07) is 5.18. The third-order valence-electron chi connectivity index (χ3n) is 2.45. The summed E-state index contributed by atoms with van der Waals surface area (Å²) >= 11 is 5.91. The highest BCUT2D eigenvalue weighted by molar-refractivity contribution is 6.31. The van der Waals surface area contributed by atoms with Gasteiger partial charge in [-0.05, 0) is 24.6 Å². The molecule has 0 aliphatic rings. The predicted octanol–water partition coefficient (Wildman–Crippen LogP) is 2.70. The lowest BCUT2D eigenvalue weighted by Gasteiger charge is -2.10. The largest absolute Gasteiger partial charge is 0.481 e. The molecule has 1 unspecified atom stereocenters. The molecule has 0 radical (unpaired) electrons. The van der Waals surface area contributed by atoms with Crippen LogP contribution in [0.25, 0.3) is 0 Å². The van der Waals surface area contributed by atoms with Gasteiger partial charge in [0, 0.05) is 17.1 Å². The van der Waals surface area contributed by atoms with Crippen molar-refractivity contribution in [2.24, 2.45) is 5.92 Å². The second-order valence-corrected chi connectivity index (χ2v) is 4.31. The first kappa shape index (κ1) is 13.5. The molecule has 4 nitrogen and oxygen atoms in total. The Kier molecular flexibility index (Phi) is 4.52. The minimum Gasteiger partial charge on any atom is -0.481 e. The lowest BCUT2D eigenvalue weighted by molar-refractivity contribution is -0.142. The molecule has 0 aromatic heterocycles. The van der Waals surface area contributed by atoms with E-state index in [1.807, 2.05) is 0 Å². The molecule has 1 atom stereocenters. The van der Waals surface area contributed by atoms with E-state index in [1.165, 1.54) is 6.92 Å². The van der Waals surface area contributed by atoms with E-state index in [1.54, 1.807) is 25.1 Å². The molecule has 0 bridgehead atoms. The van der Waals surface area contributed by atoms with Gasteiger partial charge in [0.1, 0.15) is 0 Å². The lowest BCUT2D eigenvalue weighted by Crippen LogP contribution is -2.20. The Labute approximate surface area is 105 Å². The number of carboxylic acids is 1. The number of rotatable bonds is 4. The summed E-state index contributed by atoms with van der Waals surface area (Å²) < 4.78 is 0. The Morgan fingerprint density at radius 2 is 2.12 bits per heavy atom. The van der Waals surface area contributed by atoms with Gasteiger partial charge in [0.15, 0.2) is 0 Å². The Morgan fingerprint density at radius 1 is 1.47 bits per heavy atom. The van der Waals surface area contributed by atoms with Crippen molar-refractivity contribution in [2.45, 2.75) is 20.3 Å². The smallest absolute Gasteiger partial charge is 0.306 e. The number of halogens is 1. The number of carbonyl (C=O) groups excluding carboxylic acids is 1. The molecule has 0 saturated carbocycles. The molecule has 1 aromatic rings. The molecule has 0 aliphatic heterocycles. The quantitative estimate of drug-likeness (QED) is 0.869. The molecule has 0 spiro atoms. The highest BCUT2D eigenvalue weighted by Crippen LogP contribution is 2.23. The fraction of sp³-hybridized carbons (Fsp3) is 0.333. The molecular formula is C12H14ClNO3. The van der Waals surface area contributed by atoms with Crippen LogP contribution in [0.5, 0.6) is 0 Å². The summed E-state index contributed by atoms with van der Waals surface area (Å²) in [6.07, 6.45) is -0.0543. The van der Waals surface area contributed by atoms with Gasteiger partial charge in [0.25, 0.3) is 0 Å². The molecule has 0 aliphatic carbocycles. The third kappa shape index (κ3) is 3.75. The summed E-state index contributed by atoms with van der Waals surface area (Å²) in [7, 11) is 0. The molecule has 5 heteroatoms. The zero-order valence-corrected chi connectivity index (χ0v) is 10.4. The average Bonchev–Trinajstić information content (AvgIpc) is 2.24. The Hall–Kier alpha value is -1.55. The van der Waals surface area contributed by atoms with E-state index in [-0.39, 0.29) is 12.3 Å². The van der Waals surface area contributed by atoms with Crippen LogP contribution in [0.1, 0.15) is 18.9 Å². The van der Waals surface area contributed by atoms with E-state index < -0.39 is 11.9 Å². The normalized spacial score (nSPS) is 11.9. The summed E-state index contributed by atoms with van der Waals surface area (Å²) in [6.45, 7) is 3.28. The van der Waals surface area contributed by atoms with Gasteiger partial charge in [-0.15, -0.1) is 0 Å². The first-order valence-electron chi connectivity index (χ1n) is 5.19. The van der Waals surface area contributed by atoms with Crippen molar-refractivity contribution < 1.29 is 14.7 Å². The zero-order chi connectivity index (χ0) is 13.0. The lowest BCUT2D eigenvalue weighted by atomic mass is 10.1. The van der Waals surface area contributed by atoms with E-state index in [2.05, 4.69) is 5.32 Å². The van der Waals surface area contributed by atoms with Crippen LogP contribution in [-0.4, -0.2) is 17.0 Å². The summed E-state index contributed by atoms with van der Waals surface area (Å²) in [5, 5.41) is 11.9. The fourth-order valence-electron chi connectivity index (χ4n) is 1.31. The van der Waals surface area contributed by atoms with Crippen LogP contribution in [0, 0.1) is 12.8 Å². The standard InChI is InChI=1S/C12H14ClNO3/c1-7(12(16)17)6-11(15)14-10-5-3-4-9(13)8(10)2/h3-5,7H,6H2,1-2H3,(H,14,15)(H,16,17). The van der Waals surface area contributed by atoms with Crippen molar-refractivity contribution in [2.75, 3.05) is 5.32 Å². The van der Waals surface area contributed by atoms with E-state index in [0.29, 0.717) is 10.7 Å². The summed E-state index contributed by atoms with van der Waals surface area (Å²) in [5.74, 6) is -2.01. The maximum atomic E-state index is 11.6. The molecule has 92 valence electrons. The predicted molar refractivity (Wildman–Crippen MR) is 66.2 cm³/mol. The number of nitrogens with one attached hydrogen (secondary N) is 1. The molecular weight excluding hydrogens is 242 g/mol. The van der Waals surface area contributed by atoms with Gasteiger partial charge in [-0.1, -0.05) is 24.6 Å². The van der Waals surface area contributed by atoms with Crippen molar-refractivity contribution >= 4 is 29.2 Å². The van der Waals surface area contributed by atoms with Crippen LogP contribution in [0.15, 0.2) is 18.2 Å².